The summed E-state index contributed by atoms with van der Waals surface area (Å²) >= 11 is 0. The van der Waals surface area contributed by atoms with Crippen molar-refractivity contribution in [3.8, 4) is 6.07 Å². The quantitative estimate of drug-likeness (QED) is 0.631. The number of rotatable bonds is 4. The molecular weight excluding hydrogens is 302 g/mol. The molecule has 1 aliphatic rings. The Bertz CT molecular complexity index is 763. The van der Waals surface area contributed by atoms with E-state index >= 15 is 0 Å². The van der Waals surface area contributed by atoms with Crippen molar-refractivity contribution in [2.45, 2.75) is 20.8 Å². The van der Waals surface area contributed by atoms with Gasteiger partial charge in [0, 0.05) is 31.4 Å². The highest BCUT2D eigenvalue weighted by Crippen LogP contribution is 2.26. The van der Waals surface area contributed by atoms with Gasteiger partial charge in [0.05, 0.1) is 0 Å². The van der Waals surface area contributed by atoms with E-state index < -0.39 is 5.91 Å². The lowest BCUT2D eigenvalue weighted by atomic mass is 9.94. The molecule has 0 bridgehead atoms. The third-order valence-corrected chi connectivity index (χ3v) is 4.28. The molecule has 0 aromatic heterocycles. The van der Waals surface area contributed by atoms with Crippen molar-refractivity contribution in [1.29, 1.82) is 5.26 Å². The summed E-state index contributed by atoms with van der Waals surface area (Å²) in [5.41, 5.74) is 2.80. The minimum Gasteiger partial charge on any atom is -0.372 e. The van der Waals surface area contributed by atoms with Crippen LogP contribution in [0.25, 0.3) is 6.08 Å². The highest BCUT2D eigenvalue weighted by molar-refractivity contribution is 6.19. The van der Waals surface area contributed by atoms with Gasteiger partial charge < -0.3 is 4.90 Å². The van der Waals surface area contributed by atoms with Crippen LogP contribution in [0.2, 0.25) is 0 Å². The molecule has 0 saturated heterocycles. The van der Waals surface area contributed by atoms with Gasteiger partial charge in [-0.1, -0.05) is 12.1 Å². The Labute approximate surface area is 142 Å². The van der Waals surface area contributed by atoms with Crippen LogP contribution in [0.15, 0.2) is 41.0 Å². The molecular formula is C19H21N3O2. The summed E-state index contributed by atoms with van der Waals surface area (Å²) in [7, 11) is 1.39. The summed E-state index contributed by atoms with van der Waals surface area (Å²) in [4.78, 5) is 27.5. The molecule has 0 unspecified atom stereocenters. The van der Waals surface area contributed by atoms with E-state index in [9.17, 15) is 14.9 Å². The molecule has 1 aromatic carbocycles. The number of likely N-dealkylation sites (N-methyl/N-ethyl adjacent to an activating group) is 1. The third kappa shape index (κ3) is 3.09. The van der Waals surface area contributed by atoms with Gasteiger partial charge in [0.2, 0.25) is 0 Å². The van der Waals surface area contributed by atoms with Gasteiger partial charge in [0.15, 0.2) is 0 Å². The third-order valence-electron chi connectivity index (χ3n) is 4.28. The minimum atomic E-state index is -0.547. The average molecular weight is 323 g/mol. The Morgan fingerprint density at radius 2 is 1.71 bits per heavy atom. The highest BCUT2D eigenvalue weighted by atomic mass is 16.2. The number of hydrogen-bond acceptors (Lipinski definition) is 4. The van der Waals surface area contributed by atoms with Gasteiger partial charge in [-0.25, -0.2) is 0 Å². The van der Waals surface area contributed by atoms with Crippen LogP contribution >= 0.6 is 0 Å². The molecule has 0 aliphatic carbocycles. The van der Waals surface area contributed by atoms with Gasteiger partial charge in [-0.2, -0.15) is 5.26 Å². The van der Waals surface area contributed by atoms with E-state index in [1.165, 1.54) is 7.05 Å². The average Bonchev–Trinajstić information content (AvgIpc) is 2.60. The predicted molar refractivity (Wildman–Crippen MR) is 94.1 cm³/mol. The first-order chi connectivity index (χ1) is 11.4. The van der Waals surface area contributed by atoms with Crippen LogP contribution in [0.3, 0.4) is 0 Å². The summed E-state index contributed by atoms with van der Waals surface area (Å²) < 4.78 is 0. The second-order valence-corrected chi connectivity index (χ2v) is 5.60. The topological polar surface area (TPSA) is 64.4 Å². The maximum Gasteiger partial charge on any atom is 0.271 e. The van der Waals surface area contributed by atoms with E-state index in [1.54, 1.807) is 13.0 Å². The van der Waals surface area contributed by atoms with Crippen molar-refractivity contribution in [1.82, 2.24) is 4.90 Å². The van der Waals surface area contributed by atoms with Gasteiger partial charge >= 0.3 is 0 Å². The summed E-state index contributed by atoms with van der Waals surface area (Å²) in [6, 6.07) is 9.78. The van der Waals surface area contributed by atoms with E-state index in [0.717, 1.165) is 29.2 Å². The molecule has 5 heteroatoms. The SMILES string of the molecule is CCN(CC)c1ccc(/C=C2/C(=O)N(C)C(=O)C(C#N)=C2C)cc1. The van der Waals surface area contributed by atoms with Gasteiger partial charge in [0.1, 0.15) is 11.6 Å². The fourth-order valence-corrected chi connectivity index (χ4v) is 2.73. The molecule has 0 saturated carbocycles. The molecule has 0 atom stereocenters. The summed E-state index contributed by atoms with van der Waals surface area (Å²) in [6.07, 6.45) is 1.73. The summed E-state index contributed by atoms with van der Waals surface area (Å²) in [5, 5.41) is 9.17. The number of anilines is 1. The number of carbonyl (C=O) groups excluding carboxylic acids is 2. The molecule has 0 radical (unpaired) electrons. The molecule has 1 heterocycles. The van der Waals surface area contributed by atoms with E-state index in [2.05, 4.69) is 18.7 Å². The normalized spacial score (nSPS) is 16.6. The lowest BCUT2D eigenvalue weighted by molar-refractivity contribution is -0.138. The second kappa shape index (κ2) is 7.14. The zero-order chi connectivity index (χ0) is 17.9. The maximum atomic E-state index is 12.4. The molecule has 0 N–H and O–H groups in total. The van der Waals surface area contributed by atoms with E-state index in [4.69, 9.17) is 0 Å². The molecule has 2 rings (SSSR count). The van der Waals surface area contributed by atoms with Gasteiger partial charge in [-0.05, 0) is 50.1 Å². The number of imide groups is 1. The minimum absolute atomic E-state index is 0.0168. The Hall–Kier alpha value is -2.87. The Balaban J connectivity index is 2.43. The van der Waals surface area contributed by atoms with Gasteiger partial charge in [-0.3, -0.25) is 14.5 Å². The van der Waals surface area contributed by atoms with Gasteiger partial charge in [0.25, 0.3) is 11.8 Å². The fourth-order valence-electron chi connectivity index (χ4n) is 2.73. The first-order valence-corrected chi connectivity index (χ1v) is 7.95. The fraction of sp³-hybridized carbons (Fsp3) is 0.316. The molecule has 0 spiro atoms. The Kier molecular flexibility index (Phi) is 5.20. The van der Waals surface area contributed by atoms with Gasteiger partial charge in [-0.15, -0.1) is 0 Å². The lowest BCUT2D eigenvalue weighted by Crippen LogP contribution is -2.39. The second-order valence-electron chi connectivity index (χ2n) is 5.60. The maximum absolute atomic E-state index is 12.4. The first-order valence-electron chi connectivity index (χ1n) is 7.95. The smallest absolute Gasteiger partial charge is 0.271 e. The van der Waals surface area contributed by atoms with Crippen LogP contribution in [-0.2, 0) is 9.59 Å². The number of amides is 2. The molecule has 1 aromatic rings. The molecule has 1 aliphatic heterocycles. The van der Waals surface area contributed by atoms with Crippen LogP contribution in [0.5, 0.6) is 0 Å². The Morgan fingerprint density at radius 3 is 2.21 bits per heavy atom. The molecule has 5 nitrogen and oxygen atoms in total. The predicted octanol–water partition coefficient (Wildman–Crippen LogP) is 2.75. The molecule has 0 fully saturated rings. The van der Waals surface area contributed by atoms with Crippen LogP contribution < -0.4 is 4.90 Å². The largest absolute Gasteiger partial charge is 0.372 e. The van der Waals surface area contributed by atoms with E-state index in [1.807, 2.05) is 30.3 Å². The molecule has 124 valence electrons. The number of benzene rings is 1. The standard InChI is InChI=1S/C19H21N3O2/c1-5-22(6-2)15-9-7-14(8-10-15)11-16-13(3)17(12-20)19(24)21(4)18(16)23/h7-11H,5-6H2,1-4H3/b16-11+. The number of nitriles is 1. The van der Waals surface area contributed by atoms with Crippen molar-refractivity contribution < 1.29 is 9.59 Å². The lowest BCUT2D eigenvalue weighted by Gasteiger charge is -2.24. The van der Waals surface area contributed by atoms with Crippen molar-refractivity contribution in [3.63, 3.8) is 0 Å². The van der Waals surface area contributed by atoms with Crippen molar-refractivity contribution in [3.05, 3.63) is 46.5 Å². The van der Waals surface area contributed by atoms with Crippen molar-refractivity contribution >= 4 is 23.6 Å². The zero-order valence-electron chi connectivity index (χ0n) is 14.5. The van der Waals surface area contributed by atoms with Crippen LogP contribution in [-0.4, -0.2) is 36.9 Å². The van der Waals surface area contributed by atoms with Crippen molar-refractivity contribution in [2.24, 2.45) is 0 Å². The van der Waals surface area contributed by atoms with E-state index in [0.29, 0.717) is 11.1 Å². The highest BCUT2D eigenvalue weighted by Gasteiger charge is 2.32. The number of nitrogens with zero attached hydrogens (tertiary/aromatic N) is 3. The van der Waals surface area contributed by atoms with Crippen molar-refractivity contribution in [2.75, 3.05) is 25.0 Å². The molecule has 2 amide bonds. The number of hydrogen-bond donors (Lipinski definition) is 0. The Morgan fingerprint density at radius 1 is 1.12 bits per heavy atom. The summed E-state index contributed by atoms with van der Waals surface area (Å²) in [5.74, 6) is -0.932. The van der Waals surface area contributed by atoms with Crippen LogP contribution in [0.4, 0.5) is 5.69 Å². The van der Waals surface area contributed by atoms with Crippen LogP contribution in [0.1, 0.15) is 26.3 Å². The molecule has 24 heavy (non-hydrogen) atoms. The first kappa shape index (κ1) is 17.5. The van der Waals surface area contributed by atoms with E-state index in [-0.39, 0.29) is 11.5 Å². The monoisotopic (exact) mass is 323 g/mol. The summed E-state index contributed by atoms with van der Waals surface area (Å²) in [6.45, 7) is 7.69. The number of carbonyl (C=O) groups is 2. The zero-order valence-corrected chi connectivity index (χ0v) is 14.5. The van der Waals surface area contributed by atoms with Crippen LogP contribution in [0, 0.1) is 11.3 Å².